The van der Waals surface area contributed by atoms with Crippen LogP contribution >= 0.6 is 0 Å². The Hall–Kier alpha value is -2.64. The van der Waals surface area contributed by atoms with Crippen LogP contribution in [-0.4, -0.2) is 100 Å². The fraction of sp³-hybridized carbons (Fsp3) is 0.842. The molecule has 1 saturated heterocycles. The lowest BCUT2D eigenvalue weighted by atomic mass is 9.99. The second-order valence-electron chi connectivity index (χ2n) is 25.6. The van der Waals surface area contributed by atoms with Crippen molar-refractivity contribution in [1.29, 1.82) is 0 Å². The van der Waals surface area contributed by atoms with Gasteiger partial charge in [-0.05, 0) is 84.0 Å². The van der Waals surface area contributed by atoms with Crippen molar-refractivity contribution in [2.24, 2.45) is 0 Å². The van der Waals surface area contributed by atoms with Crippen LogP contribution in [0.4, 0.5) is 0 Å². The van der Waals surface area contributed by atoms with Gasteiger partial charge in [0, 0.05) is 12.8 Å². The highest BCUT2D eigenvalue weighted by atomic mass is 16.7. The predicted octanol–water partition coefficient (Wildman–Crippen LogP) is 19.3. The van der Waals surface area contributed by atoms with Crippen molar-refractivity contribution in [3.63, 3.8) is 0 Å². The third-order valence-electron chi connectivity index (χ3n) is 17.4. The predicted molar refractivity (Wildman–Crippen MR) is 366 cm³/mol. The SMILES string of the molecule is C/C=C/CC/C=C/CC/C=C/C(O)C(COC1OC(CO)C(O)C(O)C1O)NC(=O)CCCCCCCCCCCCCCCCCCC/C=C\C/C=C\CCCCCCCCCCCOC(=O)CCCCCCCCCCCCCCCCCCC. The normalized spacial score (nSPS) is 18.2. The zero-order valence-electron chi connectivity index (χ0n) is 56.5. The molecule has 1 fully saturated rings. The van der Waals surface area contributed by atoms with E-state index >= 15 is 0 Å². The van der Waals surface area contributed by atoms with Gasteiger partial charge in [-0.3, -0.25) is 9.59 Å². The fourth-order valence-corrected chi connectivity index (χ4v) is 11.6. The smallest absolute Gasteiger partial charge is 0.305 e. The molecule has 11 nitrogen and oxygen atoms in total. The van der Waals surface area contributed by atoms with Gasteiger partial charge < -0.3 is 45.1 Å². The molecule has 6 N–H and O–H groups in total. The van der Waals surface area contributed by atoms with E-state index in [0.717, 1.165) is 64.2 Å². The van der Waals surface area contributed by atoms with E-state index in [1.165, 1.54) is 257 Å². The first-order valence-electron chi connectivity index (χ1n) is 37.0. The minimum Gasteiger partial charge on any atom is -0.466 e. The first-order valence-corrected chi connectivity index (χ1v) is 37.0. The molecule has 0 aliphatic carbocycles. The second kappa shape index (κ2) is 64.9. The first kappa shape index (κ1) is 82.4. The number of ether oxygens (including phenoxy) is 3. The number of carbonyl (C=O) groups excluding carboxylic acids is 2. The minimum absolute atomic E-state index is 0.0105. The molecular weight excluding hydrogens is 1090 g/mol. The molecular formula is C76H139NO10. The van der Waals surface area contributed by atoms with Gasteiger partial charge in [0.1, 0.15) is 24.4 Å². The molecule has 1 heterocycles. The highest BCUT2D eigenvalue weighted by Gasteiger charge is 2.44. The Bertz CT molecular complexity index is 1630. The summed E-state index contributed by atoms with van der Waals surface area (Å²) in [6.45, 7) is 4.12. The molecule has 0 saturated carbocycles. The quantitative estimate of drug-likeness (QED) is 0.0195. The number of hydrogen-bond acceptors (Lipinski definition) is 10. The molecule has 0 aromatic heterocycles. The lowest BCUT2D eigenvalue weighted by Crippen LogP contribution is -2.60. The fourth-order valence-electron chi connectivity index (χ4n) is 11.6. The third-order valence-corrected chi connectivity index (χ3v) is 17.4. The molecule has 0 bridgehead atoms. The van der Waals surface area contributed by atoms with Crippen LogP contribution in [-0.2, 0) is 23.8 Å². The zero-order chi connectivity index (χ0) is 63.0. The van der Waals surface area contributed by atoms with Crippen LogP contribution in [0, 0.1) is 0 Å². The molecule has 87 heavy (non-hydrogen) atoms. The molecule has 508 valence electrons. The monoisotopic (exact) mass is 1230 g/mol. The molecule has 0 aromatic carbocycles. The molecule has 1 amide bonds. The average Bonchev–Trinajstić information content (AvgIpc) is 3.48. The summed E-state index contributed by atoms with van der Waals surface area (Å²) in [5.74, 6) is -0.187. The summed E-state index contributed by atoms with van der Waals surface area (Å²) < 4.78 is 16.7. The molecule has 11 heteroatoms. The van der Waals surface area contributed by atoms with Crippen LogP contribution < -0.4 is 5.32 Å². The topological polar surface area (TPSA) is 175 Å². The van der Waals surface area contributed by atoms with Crippen LogP contribution in [0.15, 0.2) is 60.8 Å². The van der Waals surface area contributed by atoms with Gasteiger partial charge in [0.25, 0.3) is 0 Å². The lowest BCUT2D eigenvalue weighted by Gasteiger charge is -2.40. The van der Waals surface area contributed by atoms with Crippen molar-refractivity contribution in [3.8, 4) is 0 Å². The van der Waals surface area contributed by atoms with Crippen LogP contribution in [0.5, 0.6) is 0 Å². The Morgan fingerprint density at radius 1 is 0.448 bits per heavy atom. The minimum atomic E-state index is -1.58. The van der Waals surface area contributed by atoms with Crippen LogP contribution in [0.1, 0.15) is 348 Å². The molecule has 0 aromatic rings. The number of carbonyl (C=O) groups is 2. The zero-order valence-corrected chi connectivity index (χ0v) is 56.5. The molecule has 1 rings (SSSR count). The Labute approximate surface area is 535 Å². The van der Waals surface area contributed by atoms with E-state index in [0.29, 0.717) is 19.4 Å². The summed E-state index contributed by atoms with van der Waals surface area (Å²) in [5.41, 5.74) is 0. The van der Waals surface area contributed by atoms with Crippen molar-refractivity contribution >= 4 is 11.9 Å². The second-order valence-corrected chi connectivity index (χ2v) is 25.6. The number of amides is 1. The molecule has 0 spiro atoms. The van der Waals surface area contributed by atoms with E-state index in [4.69, 9.17) is 14.2 Å². The molecule has 0 radical (unpaired) electrons. The van der Waals surface area contributed by atoms with Crippen molar-refractivity contribution in [3.05, 3.63) is 60.8 Å². The molecule has 7 unspecified atom stereocenters. The summed E-state index contributed by atoms with van der Waals surface area (Å²) >= 11 is 0. The molecule has 1 aliphatic heterocycles. The summed E-state index contributed by atoms with van der Waals surface area (Å²) in [5, 5.41) is 54.2. The maximum Gasteiger partial charge on any atom is 0.305 e. The summed E-state index contributed by atoms with van der Waals surface area (Å²) in [4.78, 5) is 25.1. The number of aliphatic hydroxyl groups excluding tert-OH is 5. The Morgan fingerprint density at radius 2 is 0.828 bits per heavy atom. The number of allylic oxidation sites excluding steroid dienone is 9. The van der Waals surface area contributed by atoms with E-state index in [2.05, 4.69) is 54.8 Å². The number of hydrogen-bond donors (Lipinski definition) is 6. The number of rotatable bonds is 65. The van der Waals surface area contributed by atoms with Gasteiger partial charge in [-0.1, -0.05) is 312 Å². The van der Waals surface area contributed by atoms with E-state index < -0.39 is 49.5 Å². The van der Waals surface area contributed by atoms with Gasteiger partial charge in [-0.15, -0.1) is 0 Å². The van der Waals surface area contributed by atoms with Gasteiger partial charge in [-0.25, -0.2) is 0 Å². The van der Waals surface area contributed by atoms with Gasteiger partial charge in [0.05, 0.1) is 32.0 Å². The summed E-state index contributed by atoms with van der Waals surface area (Å²) in [6.07, 6.45) is 77.0. The maximum absolute atomic E-state index is 13.0. The Morgan fingerprint density at radius 3 is 1.26 bits per heavy atom. The Balaban J connectivity index is 1.89. The van der Waals surface area contributed by atoms with E-state index in [1.54, 1.807) is 6.08 Å². The average molecular weight is 1230 g/mol. The van der Waals surface area contributed by atoms with Gasteiger partial charge >= 0.3 is 5.97 Å². The van der Waals surface area contributed by atoms with Crippen LogP contribution in [0.25, 0.3) is 0 Å². The van der Waals surface area contributed by atoms with E-state index in [-0.39, 0.29) is 18.5 Å². The number of aliphatic hydroxyl groups is 5. The number of unbranched alkanes of at least 4 members (excludes halogenated alkanes) is 44. The number of nitrogens with one attached hydrogen (secondary N) is 1. The summed E-state index contributed by atoms with van der Waals surface area (Å²) in [7, 11) is 0. The van der Waals surface area contributed by atoms with Gasteiger partial charge in [0.2, 0.25) is 5.91 Å². The number of esters is 1. The van der Waals surface area contributed by atoms with Crippen molar-refractivity contribution < 1.29 is 49.3 Å². The standard InChI is InChI=1S/C76H139NO10/c1-3-5-7-9-11-13-14-15-16-34-38-41-44-48-52-56-60-64-72(81)85-65-61-57-53-49-45-42-39-36-33-31-29-27-25-23-21-19-17-18-20-22-24-26-28-30-32-35-37-40-43-47-51-55-59-63-71(80)77-68(69(79)62-58-54-50-46-12-10-8-6-4-2)67-86-76-75(84)74(83)73(82)70(66-78)87-76/h4,6,12,21,23,27,29,46,58,62,68-70,73-76,78-79,82-84H,3,5,7-11,13-20,22,24-26,28,30-45,47-57,59-61,63-67H2,1-2H3,(H,77,80)/b6-4+,23-21-,29-27-,46-12+,62-58+. The van der Waals surface area contributed by atoms with E-state index in [9.17, 15) is 35.1 Å². The summed E-state index contributed by atoms with van der Waals surface area (Å²) in [6, 6.07) is -0.833. The molecule has 1 aliphatic rings. The lowest BCUT2D eigenvalue weighted by molar-refractivity contribution is -0.302. The maximum atomic E-state index is 13.0. The van der Waals surface area contributed by atoms with Crippen molar-refractivity contribution in [1.82, 2.24) is 5.32 Å². The first-order chi connectivity index (χ1) is 42.7. The van der Waals surface area contributed by atoms with E-state index in [1.807, 2.05) is 19.1 Å². The highest BCUT2D eigenvalue weighted by Crippen LogP contribution is 2.23. The van der Waals surface area contributed by atoms with Crippen LogP contribution in [0.2, 0.25) is 0 Å². The van der Waals surface area contributed by atoms with Gasteiger partial charge in [-0.2, -0.15) is 0 Å². The largest absolute Gasteiger partial charge is 0.466 e. The third kappa shape index (κ3) is 53.7. The Kier molecular flexibility index (Phi) is 61.4. The van der Waals surface area contributed by atoms with Crippen molar-refractivity contribution in [2.75, 3.05) is 19.8 Å². The van der Waals surface area contributed by atoms with Gasteiger partial charge in [0.15, 0.2) is 6.29 Å². The van der Waals surface area contributed by atoms with Crippen molar-refractivity contribution in [2.45, 2.75) is 391 Å². The highest BCUT2D eigenvalue weighted by molar-refractivity contribution is 5.76. The van der Waals surface area contributed by atoms with Crippen LogP contribution in [0.3, 0.4) is 0 Å². The molecule has 7 atom stereocenters.